The lowest BCUT2D eigenvalue weighted by atomic mass is 10.1. The highest BCUT2D eigenvalue weighted by Crippen LogP contribution is 2.32. The third kappa shape index (κ3) is 3.48. The molecule has 0 spiro atoms. The zero-order valence-electron chi connectivity index (χ0n) is 15.7. The van der Waals surface area contributed by atoms with E-state index >= 15 is 0 Å². The summed E-state index contributed by atoms with van der Waals surface area (Å²) in [4.78, 5) is 4.18. The van der Waals surface area contributed by atoms with Crippen LogP contribution in [0, 0.1) is 0 Å². The molecule has 1 saturated heterocycles. The molecule has 9 heteroatoms. The van der Waals surface area contributed by atoms with Crippen LogP contribution in [0.3, 0.4) is 0 Å². The molecule has 0 radical (unpaired) electrons. The molecular formula is C19H21F3N6. The first-order valence-electron chi connectivity index (χ1n) is 9.21. The van der Waals surface area contributed by atoms with Crippen LogP contribution in [0.15, 0.2) is 36.7 Å². The van der Waals surface area contributed by atoms with Gasteiger partial charge in [-0.25, -0.2) is 0 Å². The SMILES string of the molecule is CC(C)c1cc(N2CCN(c3cccc(C(F)(F)F)c3)CC2)c2nncn2n1. The van der Waals surface area contributed by atoms with Crippen molar-refractivity contribution in [3.05, 3.63) is 47.9 Å². The minimum Gasteiger partial charge on any atom is -0.368 e. The molecule has 2 aromatic heterocycles. The molecule has 28 heavy (non-hydrogen) atoms. The van der Waals surface area contributed by atoms with Gasteiger partial charge in [0.25, 0.3) is 0 Å². The quantitative estimate of drug-likeness (QED) is 0.684. The minimum absolute atomic E-state index is 0.261. The van der Waals surface area contributed by atoms with Gasteiger partial charge >= 0.3 is 6.18 Å². The molecule has 0 aliphatic carbocycles. The second kappa shape index (κ2) is 6.96. The molecule has 1 aliphatic rings. The molecule has 0 saturated carbocycles. The molecule has 4 rings (SSSR count). The number of anilines is 2. The molecule has 148 valence electrons. The van der Waals surface area contributed by atoms with Crippen LogP contribution in [0.25, 0.3) is 5.65 Å². The molecule has 3 aromatic rings. The van der Waals surface area contributed by atoms with Gasteiger partial charge in [0, 0.05) is 31.9 Å². The fourth-order valence-corrected chi connectivity index (χ4v) is 3.43. The van der Waals surface area contributed by atoms with Gasteiger partial charge in [-0.3, -0.25) is 0 Å². The van der Waals surface area contributed by atoms with Gasteiger partial charge in [-0.15, -0.1) is 10.2 Å². The smallest absolute Gasteiger partial charge is 0.368 e. The largest absolute Gasteiger partial charge is 0.416 e. The van der Waals surface area contributed by atoms with Crippen molar-refractivity contribution < 1.29 is 13.2 Å². The Hall–Kier alpha value is -2.84. The van der Waals surface area contributed by atoms with Crippen LogP contribution in [0.5, 0.6) is 0 Å². The first-order valence-corrected chi connectivity index (χ1v) is 9.21. The highest BCUT2D eigenvalue weighted by Gasteiger charge is 2.31. The molecule has 0 bridgehead atoms. The van der Waals surface area contributed by atoms with Gasteiger partial charge in [-0.1, -0.05) is 19.9 Å². The van der Waals surface area contributed by atoms with Gasteiger partial charge in [0.15, 0.2) is 0 Å². The lowest BCUT2D eigenvalue weighted by Crippen LogP contribution is -2.46. The summed E-state index contributed by atoms with van der Waals surface area (Å²) in [5, 5.41) is 12.7. The number of alkyl halides is 3. The number of hydrogen-bond acceptors (Lipinski definition) is 5. The molecule has 0 unspecified atom stereocenters. The van der Waals surface area contributed by atoms with E-state index in [1.54, 1.807) is 16.9 Å². The van der Waals surface area contributed by atoms with E-state index in [-0.39, 0.29) is 5.92 Å². The van der Waals surface area contributed by atoms with Crippen LogP contribution < -0.4 is 9.80 Å². The van der Waals surface area contributed by atoms with Crippen LogP contribution in [0.2, 0.25) is 0 Å². The maximum Gasteiger partial charge on any atom is 0.416 e. The van der Waals surface area contributed by atoms with E-state index in [1.807, 2.05) is 11.0 Å². The summed E-state index contributed by atoms with van der Waals surface area (Å²) >= 11 is 0. The lowest BCUT2D eigenvalue weighted by molar-refractivity contribution is -0.137. The summed E-state index contributed by atoms with van der Waals surface area (Å²) < 4.78 is 40.7. The van der Waals surface area contributed by atoms with Crippen molar-refractivity contribution in [3.63, 3.8) is 0 Å². The highest BCUT2D eigenvalue weighted by molar-refractivity contribution is 5.69. The number of nitrogens with zero attached hydrogens (tertiary/aromatic N) is 6. The molecule has 0 atom stereocenters. The molecular weight excluding hydrogens is 369 g/mol. The summed E-state index contributed by atoms with van der Waals surface area (Å²) in [7, 11) is 0. The average Bonchev–Trinajstić information content (AvgIpc) is 3.15. The molecule has 3 heterocycles. The second-order valence-corrected chi connectivity index (χ2v) is 7.23. The maximum absolute atomic E-state index is 13.0. The van der Waals surface area contributed by atoms with Gasteiger partial charge in [0.2, 0.25) is 5.65 Å². The summed E-state index contributed by atoms with van der Waals surface area (Å²) in [5.41, 5.74) is 2.58. The first-order chi connectivity index (χ1) is 13.3. The van der Waals surface area contributed by atoms with E-state index in [0.29, 0.717) is 37.5 Å². The van der Waals surface area contributed by atoms with Gasteiger partial charge in [-0.2, -0.15) is 22.8 Å². The second-order valence-electron chi connectivity index (χ2n) is 7.23. The van der Waals surface area contributed by atoms with Crippen molar-refractivity contribution in [2.75, 3.05) is 36.0 Å². The van der Waals surface area contributed by atoms with E-state index in [9.17, 15) is 13.2 Å². The summed E-state index contributed by atoms with van der Waals surface area (Å²) in [6, 6.07) is 7.55. The van der Waals surface area contributed by atoms with Crippen LogP contribution in [0.1, 0.15) is 31.0 Å². The van der Waals surface area contributed by atoms with E-state index in [0.717, 1.165) is 17.4 Å². The summed E-state index contributed by atoms with van der Waals surface area (Å²) in [5.74, 6) is 0.261. The van der Waals surface area contributed by atoms with Crippen molar-refractivity contribution in [1.82, 2.24) is 19.8 Å². The van der Waals surface area contributed by atoms with E-state index in [1.165, 1.54) is 12.1 Å². The topological polar surface area (TPSA) is 49.6 Å². The van der Waals surface area contributed by atoms with Gasteiger partial charge in [0.1, 0.15) is 6.33 Å². The minimum atomic E-state index is -4.33. The molecule has 1 aromatic carbocycles. The summed E-state index contributed by atoms with van der Waals surface area (Å²) in [6.07, 6.45) is -2.75. The van der Waals surface area contributed by atoms with Crippen LogP contribution in [0.4, 0.5) is 24.5 Å². The monoisotopic (exact) mass is 390 g/mol. The third-order valence-corrected chi connectivity index (χ3v) is 5.02. The van der Waals surface area contributed by atoms with E-state index < -0.39 is 11.7 Å². The third-order valence-electron chi connectivity index (χ3n) is 5.02. The van der Waals surface area contributed by atoms with Gasteiger partial charge in [-0.05, 0) is 30.2 Å². The van der Waals surface area contributed by atoms with Crippen molar-refractivity contribution in [1.29, 1.82) is 0 Å². The molecule has 1 fully saturated rings. The van der Waals surface area contributed by atoms with Crippen molar-refractivity contribution in [2.45, 2.75) is 25.9 Å². The summed E-state index contributed by atoms with van der Waals surface area (Å²) in [6.45, 7) is 6.77. The van der Waals surface area contributed by atoms with Gasteiger partial charge < -0.3 is 9.80 Å². The molecule has 0 N–H and O–H groups in total. The van der Waals surface area contributed by atoms with Crippen molar-refractivity contribution in [2.24, 2.45) is 0 Å². The Kier molecular flexibility index (Phi) is 4.60. The van der Waals surface area contributed by atoms with E-state index in [2.05, 4.69) is 34.0 Å². The zero-order chi connectivity index (χ0) is 19.9. The lowest BCUT2D eigenvalue weighted by Gasteiger charge is -2.37. The fourth-order valence-electron chi connectivity index (χ4n) is 3.43. The fraction of sp³-hybridized carbons (Fsp3) is 0.421. The van der Waals surface area contributed by atoms with Crippen LogP contribution in [-0.4, -0.2) is 46.0 Å². The van der Waals surface area contributed by atoms with Crippen LogP contribution in [-0.2, 0) is 6.18 Å². The normalized spacial score (nSPS) is 15.6. The molecule has 0 amide bonds. The van der Waals surface area contributed by atoms with E-state index in [4.69, 9.17) is 0 Å². The number of benzene rings is 1. The number of hydrogen-bond donors (Lipinski definition) is 0. The van der Waals surface area contributed by atoms with Crippen molar-refractivity contribution in [3.8, 4) is 0 Å². The highest BCUT2D eigenvalue weighted by atomic mass is 19.4. The number of halogens is 3. The van der Waals surface area contributed by atoms with Crippen LogP contribution >= 0.6 is 0 Å². The standard InChI is InChI=1S/C19H21F3N6/c1-13(2)16-11-17(18-24-23-12-28(18)25-16)27-8-6-26(7-9-27)15-5-3-4-14(10-15)19(20,21)22/h3-5,10-13H,6-9H2,1-2H3. The Bertz CT molecular complexity index is 973. The average molecular weight is 390 g/mol. The zero-order valence-corrected chi connectivity index (χ0v) is 15.7. The molecule has 6 nitrogen and oxygen atoms in total. The first kappa shape index (κ1) is 18.5. The van der Waals surface area contributed by atoms with Gasteiger partial charge in [0.05, 0.1) is 16.9 Å². The Morgan fingerprint density at radius 3 is 2.39 bits per heavy atom. The number of rotatable bonds is 3. The predicted molar refractivity (Wildman–Crippen MR) is 101 cm³/mol. The Morgan fingerprint density at radius 2 is 1.71 bits per heavy atom. The predicted octanol–water partition coefficient (Wildman–Crippen LogP) is 3.59. The maximum atomic E-state index is 13.0. The number of fused-ring (bicyclic) bond motifs is 1. The van der Waals surface area contributed by atoms with Crippen molar-refractivity contribution >= 4 is 17.0 Å². The Balaban J connectivity index is 1.55. The number of piperazine rings is 1. The number of aromatic nitrogens is 4. The Labute approximate surface area is 160 Å². The Morgan fingerprint density at radius 1 is 1.00 bits per heavy atom. The molecule has 1 aliphatic heterocycles.